The minimum absolute atomic E-state index is 0.219. The summed E-state index contributed by atoms with van der Waals surface area (Å²) in [6.07, 6.45) is 2.50. The van der Waals surface area contributed by atoms with E-state index in [2.05, 4.69) is 15.0 Å². The van der Waals surface area contributed by atoms with Crippen LogP contribution in [0.1, 0.15) is 23.0 Å². The molecule has 32 heavy (non-hydrogen) atoms. The minimum atomic E-state index is -0.895. The summed E-state index contributed by atoms with van der Waals surface area (Å²) in [6.45, 7) is 5.60. The van der Waals surface area contributed by atoms with Crippen molar-refractivity contribution in [2.24, 2.45) is 0 Å². The molecule has 1 fully saturated rings. The molecular weight excluding hydrogens is 410 g/mol. The first kappa shape index (κ1) is 21.5. The monoisotopic (exact) mass is 435 g/mol. The number of hydrogen-bond donors (Lipinski definition) is 0. The summed E-state index contributed by atoms with van der Waals surface area (Å²) in [5, 5.41) is 0.793. The largest absolute Gasteiger partial charge is 0.497 e. The number of methoxy groups -OCH3 is 1. The van der Waals surface area contributed by atoms with Gasteiger partial charge in [-0.3, -0.25) is 9.78 Å². The van der Waals surface area contributed by atoms with Crippen LogP contribution in [0.25, 0.3) is 10.9 Å². The maximum Gasteiger partial charge on any atom is 0.340 e. The van der Waals surface area contributed by atoms with Gasteiger partial charge in [-0.2, -0.15) is 0 Å². The molecule has 1 unspecified atom stereocenters. The van der Waals surface area contributed by atoms with Crippen LogP contribution in [0.2, 0.25) is 0 Å². The van der Waals surface area contributed by atoms with E-state index in [0.717, 1.165) is 10.9 Å². The Balaban J connectivity index is 1.39. The van der Waals surface area contributed by atoms with Gasteiger partial charge in [0.25, 0.3) is 5.91 Å². The average Bonchev–Trinajstić information content (AvgIpc) is 2.83. The lowest BCUT2D eigenvalue weighted by molar-refractivity contribution is -0.140. The summed E-state index contributed by atoms with van der Waals surface area (Å²) in [7, 11) is 1.59. The fourth-order valence-corrected chi connectivity index (χ4v) is 3.69. The van der Waals surface area contributed by atoms with E-state index < -0.39 is 12.1 Å². The number of esters is 1. The molecule has 0 radical (unpaired) electrons. The van der Waals surface area contributed by atoms with Crippen LogP contribution in [0.15, 0.2) is 42.7 Å². The predicted molar refractivity (Wildman–Crippen MR) is 119 cm³/mol. The molecular formula is C23H25N5O4. The highest BCUT2D eigenvalue weighted by Gasteiger charge is 2.28. The summed E-state index contributed by atoms with van der Waals surface area (Å²) in [5.74, 6) is 0.557. The summed E-state index contributed by atoms with van der Waals surface area (Å²) in [6, 6.07) is 8.95. The van der Waals surface area contributed by atoms with Gasteiger partial charge in [-0.25, -0.2) is 14.8 Å². The van der Waals surface area contributed by atoms with Crippen molar-refractivity contribution in [1.29, 1.82) is 0 Å². The van der Waals surface area contributed by atoms with Crippen LogP contribution in [-0.4, -0.2) is 71.1 Å². The maximum atomic E-state index is 12.8. The predicted octanol–water partition coefficient (Wildman–Crippen LogP) is 2.24. The summed E-state index contributed by atoms with van der Waals surface area (Å²) >= 11 is 0. The number of anilines is 1. The third-order valence-electron chi connectivity index (χ3n) is 5.49. The van der Waals surface area contributed by atoms with E-state index in [1.165, 1.54) is 0 Å². The van der Waals surface area contributed by atoms with Crippen molar-refractivity contribution in [2.75, 3.05) is 38.2 Å². The molecule has 3 heterocycles. The number of pyridine rings is 1. The Morgan fingerprint density at radius 1 is 1.06 bits per heavy atom. The number of aromatic nitrogens is 3. The van der Waals surface area contributed by atoms with Crippen LogP contribution < -0.4 is 9.64 Å². The molecule has 0 spiro atoms. The number of carbonyl (C=O) groups is 2. The first-order chi connectivity index (χ1) is 15.5. The Labute approximate surface area is 186 Å². The van der Waals surface area contributed by atoms with Crippen molar-refractivity contribution in [3.05, 3.63) is 54.0 Å². The summed E-state index contributed by atoms with van der Waals surface area (Å²) in [4.78, 5) is 42.3. The first-order valence-electron chi connectivity index (χ1n) is 10.4. The number of fused-ring (bicyclic) bond motifs is 1. The second-order valence-electron chi connectivity index (χ2n) is 7.59. The van der Waals surface area contributed by atoms with Gasteiger partial charge in [0.05, 0.1) is 23.9 Å². The van der Waals surface area contributed by atoms with Crippen molar-refractivity contribution in [1.82, 2.24) is 19.9 Å². The van der Waals surface area contributed by atoms with Gasteiger partial charge in [0.2, 0.25) is 5.95 Å². The van der Waals surface area contributed by atoms with Crippen LogP contribution in [-0.2, 0) is 9.53 Å². The summed E-state index contributed by atoms with van der Waals surface area (Å²) in [5.41, 5.74) is 1.60. The summed E-state index contributed by atoms with van der Waals surface area (Å²) < 4.78 is 10.7. The van der Waals surface area contributed by atoms with Crippen LogP contribution in [0.5, 0.6) is 5.75 Å². The number of ether oxygens (including phenoxy) is 2. The topological polar surface area (TPSA) is 97.8 Å². The number of piperazine rings is 1. The van der Waals surface area contributed by atoms with Crippen LogP contribution >= 0.6 is 0 Å². The van der Waals surface area contributed by atoms with E-state index in [-0.39, 0.29) is 5.91 Å². The van der Waals surface area contributed by atoms with E-state index in [0.29, 0.717) is 49.1 Å². The van der Waals surface area contributed by atoms with Gasteiger partial charge in [0.15, 0.2) is 6.10 Å². The molecule has 166 valence electrons. The number of hydrogen-bond acceptors (Lipinski definition) is 8. The van der Waals surface area contributed by atoms with E-state index in [4.69, 9.17) is 9.47 Å². The highest BCUT2D eigenvalue weighted by Crippen LogP contribution is 2.22. The number of aryl methyl sites for hydroxylation is 1. The standard InChI is InChI=1S/C23H25N5O4/c1-15-19(13-17-5-6-18(31-3)14-20(17)26-15)22(30)32-16(2)21(29)27-9-11-28(12-10-27)23-24-7-4-8-25-23/h4-8,13-14,16H,9-12H2,1-3H3. The molecule has 9 heteroatoms. The fourth-order valence-electron chi connectivity index (χ4n) is 3.69. The third-order valence-corrected chi connectivity index (χ3v) is 5.49. The molecule has 1 saturated heterocycles. The molecule has 1 aliphatic rings. The molecule has 9 nitrogen and oxygen atoms in total. The molecule has 1 amide bonds. The lowest BCUT2D eigenvalue weighted by atomic mass is 10.1. The van der Waals surface area contributed by atoms with Gasteiger partial charge in [0, 0.05) is 50.0 Å². The molecule has 2 aromatic heterocycles. The first-order valence-corrected chi connectivity index (χ1v) is 10.4. The van der Waals surface area contributed by atoms with Crippen molar-refractivity contribution < 1.29 is 19.1 Å². The van der Waals surface area contributed by atoms with Gasteiger partial charge < -0.3 is 19.3 Å². The number of amides is 1. The van der Waals surface area contributed by atoms with E-state index in [9.17, 15) is 9.59 Å². The zero-order valence-electron chi connectivity index (χ0n) is 18.3. The molecule has 0 bridgehead atoms. The maximum absolute atomic E-state index is 12.8. The van der Waals surface area contributed by atoms with Gasteiger partial charge in [0.1, 0.15) is 5.75 Å². The minimum Gasteiger partial charge on any atom is -0.497 e. The van der Waals surface area contributed by atoms with E-state index in [1.54, 1.807) is 56.4 Å². The SMILES string of the molecule is COc1ccc2cc(C(=O)OC(C)C(=O)N3CCN(c4ncccn4)CC3)c(C)nc2c1. The Morgan fingerprint density at radius 2 is 1.78 bits per heavy atom. The van der Waals surface area contributed by atoms with Crippen LogP contribution in [0.4, 0.5) is 5.95 Å². The number of carbonyl (C=O) groups excluding carboxylic acids is 2. The van der Waals surface area contributed by atoms with Crippen molar-refractivity contribution >= 4 is 28.7 Å². The van der Waals surface area contributed by atoms with Crippen molar-refractivity contribution in [3.63, 3.8) is 0 Å². The molecule has 0 N–H and O–H groups in total. The normalized spacial score (nSPS) is 14.8. The lowest BCUT2D eigenvalue weighted by Crippen LogP contribution is -2.52. The molecule has 3 aromatic rings. The third kappa shape index (κ3) is 4.46. The van der Waals surface area contributed by atoms with Crippen molar-refractivity contribution in [2.45, 2.75) is 20.0 Å². The molecule has 0 saturated carbocycles. The number of nitrogens with zero attached hydrogens (tertiary/aromatic N) is 5. The van der Waals surface area contributed by atoms with Crippen LogP contribution in [0.3, 0.4) is 0 Å². The molecule has 1 aliphatic heterocycles. The van der Waals surface area contributed by atoms with Gasteiger partial charge in [-0.1, -0.05) is 0 Å². The fraction of sp³-hybridized carbons (Fsp3) is 0.348. The number of benzene rings is 1. The molecule has 4 rings (SSSR count). The Kier molecular flexibility index (Phi) is 6.16. The van der Waals surface area contributed by atoms with Crippen molar-refractivity contribution in [3.8, 4) is 5.75 Å². The van der Waals surface area contributed by atoms with E-state index in [1.807, 2.05) is 17.0 Å². The second-order valence-corrected chi connectivity index (χ2v) is 7.59. The molecule has 1 atom stereocenters. The smallest absolute Gasteiger partial charge is 0.340 e. The Morgan fingerprint density at radius 3 is 2.47 bits per heavy atom. The highest BCUT2D eigenvalue weighted by atomic mass is 16.5. The lowest BCUT2D eigenvalue weighted by Gasteiger charge is -2.35. The van der Waals surface area contributed by atoms with Gasteiger partial charge in [-0.05, 0) is 38.1 Å². The quantitative estimate of drug-likeness (QED) is 0.563. The average molecular weight is 435 g/mol. The highest BCUT2D eigenvalue weighted by molar-refractivity contribution is 5.96. The van der Waals surface area contributed by atoms with E-state index >= 15 is 0 Å². The zero-order chi connectivity index (χ0) is 22.7. The van der Waals surface area contributed by atoms with Gasteiger partial charge >= 0.3 is 5.97 Å². The molecule has 0 aliphatic carbocycles. The Bertz CT molecular complexity index is 1130. The Hall–Kier alpha value is -3.75. The number of rotatable bonds is 5. The van der Waals surface area contributed by atoms with Gasteiger partial charge in [-0.15, -0.1) is 0 Å². The molecule has 1 aromatic carbocycles. The second kappa shape index (κ2) is 9.17. The zero-order valence-corrected chi connectivity index (χ0v) is 18.3. The van der Waals surface area contributed by atoms with Crippen LogP contribution in [0, 0.1) is 6.92 Å².